The average molecular weight is 407 g/mol. The lowest BCUT2D eigenvalue weighted by Crippen LogP contribution is -2.63. The van der Waals surface area contributed by atoms with Gasteiger partial charge in [-0.1, -0.05) is 60.3 Å². The van der Waals surface area contributed by atoms with E-state index >= 15 is 0 Å². The Labute approximate surface area is 185 Å². The summed E-state index contributed by atoms with van der Waals surface area (Å²) >= 11 is 0. The SMILES string of the molecule is CCC1CCC2C3(C)C(C1)C(C)C1C4CC5CC6C27CC3C(C1CC)(C7CC)C56C4. The van der Waals surface area contributed by atoms with Crippen LogP contribution in [0.3, 0.4) is 0 Å². The van der Waals surface area contributed by atoms with Crippen LogP contribution in [0, 0.1) is 86.8 Å². The monoisotopic (exact) mass is 406 g/mol. The van der Waals surface area contributed by atoms with Crippen molar-refractivity contribution in [2.24, 2.45) is 86.8 Å². The third kappa shape index (κ3) is 1.33. The lowest BCUT2D eigenvalue weighted by molar-refractivity contribution is -0.211. The van der Waals surface area contributed by atoms with Crippen molar-refractivity contribution in [2.75, 3.05) is 0 Å². The summed E-state index contributed by atoms with van der Waals surface area (Å²) in [4.78, 5) is 0. The Morgan fingerprint density at radius 1 is 0.833 bits per heavy atom. The molecule has 0 heteroatoms. The number of hydrogen-bond acceptors (Lipinski definition) is 0. The number of fused-ring (bicyclic) bond motifs is 3. The van der Waals surface area contributed by atoms with Gasteiger partial charge in [-0.3, -0.25) is 0 Å². The average Bonchev–Trinajstić information content (AvgIpc) is 3.23. The molecule has 8 rings (SSSR count). The maximum absolute atomic E-state index is 2.94. The second-order valence-electron chi connectivity index (χ2n) is 14.6. The molecule has 0 aromatic heterocycles. The molecule has 0 aromatic carbocycles. The van der Waals surface area contributed by atoms with Gasteiger partial charge in [-0.05, 0) is 125 Å². The van der Waals surface area contributed by atoms with Gasteiger partial charge in [0.1, 0.15) is 0 Å². The molecule has 0 heterocycles. The summed E-state index contributed by atoms with van der Waals surface area (Å²) in [5.41, 5.74) is 3.10. The molecular weight excluding hydrogens is 360 g/mol. The van der Waals surface area contributed by atoms with E-state index in [2.05, 4.69) is 34.6 Å². The predicted octanol–water partition coefficient (Wildman–Crippen LogP) is 7.82. The fourth-order valence-electron chi connectivity index (χ4n) is 16.0. The van der Waals surface area contributed by atoms with E-state index in [1.165, 1.54) is 19.3 Å². The van der Waals surface area contributed by atoms with Crippen LogP contribution >= 0.6 is 0 Å². The van der Waals surface area contributed by atoms with Crippen molar-refractivity contribution in [3.63, 3.8) is 0 Å². The number of hydrogen-bond donors (Lipinski definition) is 0. The summed E-state index contributed by atoms with van der Waals surface area (Å²) in [5, 5.41) is 0. The highest BCUT2D eigenvalue weighted by atomic mass is 15.0. The molecular formula is C30H46. The maximum Gasteiger partial charge on any atom is -0.0137 e. The highest BCUT2D eigenvalue weighted by molar-refractivity contribution is 5.43. The van der Waals surface area contributed by atoms with Gasteiger partial charge in [0, 0.05) is 0 Å². The molecule has 15 atom stereocenters. The summed E-state index contributed by atoms with van der Waals surface area (Å²) in [5.74, 6) is 12.0. The highest BCUT2D eigenvalue weighted by Gasteiger charge is 2.96. The maximum atomic E-state index is 2.94. The van der Waals surface area contributed by atoms with E-state index in [4.69, 9.17) is 0 Å². The minimum Gasteiger partial charge on any atom is -0.0651 e. The van der Waals surface area contributed by atoms with Crippen molar-refractivity contribution in [1.82, 2.24) is 0 Å². The fraction of sp³-hybridized carbons (Fsp3) is 1.00. The molecule has 0 N–H and O–H groups in total. The molecule has 15 unspecified atom stereocenters. The molecule has 8 aliphatic carbocycles. The van der Waals surface area contributed by atoms with Crippen molar-refractivity contribution in [2.45, 2.75) is 98.8 Å². The first-order chi connectivity index (χ1) is 14.5. The number of rotatable bonds is 3. The Bertz CT molecular complexity index is 813. The summed E-state index contributed by atoms with van der Waals surface area (Å²) in [6, 6.07) is 0. The van der Waals surface area contributed by atoms with Crippen molar-refractivity contribution < 1.29 is 0 Å². The zero-order valence-corrected chi connectivity index (χ0v) is 20.4. The molecule has 0 radical (unpaired) electrons. The van der Waals surface area contributed by atoms with Crippen molar-refractivity contribution in [3.8, 4) is 0 Å². The fourth-order valence-corrected chi connectivity index (χ4v) is 16.0. The van der Waals surface area contributed by atoms with E-state index in [0.717, 1.165) is 81.3 Å². The Hall–Kier alpha value is 0. The summed E-state index contributed by atoms with van der Waals surface area (Å²) in [6.07, 6.45) is 16.0. The van der Waals surface area contributed by atoms with E-state index < -0.39 is 0 Å². The van der Waals surface area contributed by atoms with Gasteiger partial charge in [-0.2, -0.15) is 0 Å². The van der Waals surface area contributed by atoms with E-state index in [0.29, 0.717) is 5.41 Å². The van der Waals surface area contributed by atoms with Crippen LogP contribution in [0.1, 0.15) is 98.8 Å². The molecule has 0 saturated heterocycles. The molecule has 8 aliphatic rings. The first-order valence-electron chi connectivity index (χ1n) is 14.5. The van der Waals surface area contributed by atoms with Crippen LogP contribution in [-0.4, -0.2) is 0 Å². The molecule has 3 spiro atoms. The van der Waals surface area contributed by atoms with E-state index in [9.17, 15) is 0 Å². The Balaban J connectivity index is 1.47. The highest BCUT2D eigenvalue weighted by Crippen LogP contribution is 3.01. The molecule has 0 amide bonds. The third-order valence-corrected chi connectivity index (χ3v) is 15.6. The first kappa shape index (κ1) is 18.4. The summed E-state index contributed by atoms with van der Waals surface area (Å²) < 4.78 is 0. The van der Waals surface area contributed by atoms with Crippen LogP contribution in [0.2, 0.25) is 0 Å². The van der Waals surface area contributed by atoms with Crippen LogP contribution in [0.4, 0.5) is 0 Å². The van der Waals surface area contributed by atoms with Gasteiger partial charge >= 0.3 is 0 Å². The van der Waals surface area contributed by atoms with Crippen molar-refractivity contribution in [1.29, 1.82) is 0 Å². The lowest BCUT2D eigenvalue weighted by atomic mass is 9.36. The van der Waals surface area contributed by atoms with Crippen LogP contribution < -0.4 is 0 Å². The molecule has 6 bridgehead atoms. The van der Waals surface area contributed by atoms with Gasteiger partial charge in [0.15, 0.2) is 0 Å². The molecule has 166 valence electrons. The lowest BCUT2D eigenvalue weighted by Gasteiger charge is -2.68. The quantitative estimate of drug-likeness (QED) is 0.448. The molecule has 8 saturated carbocycles. The molecule has 8 fully saturated rings. The second-order valence-corrected chi connectivity index (χ2v) is 14.6. The Morgan fingerprint density at radius 3 is 2.40 bits per heavy atom. The normalized spacial score (nSPS) is 72.5. The van der Waals surface area contributed by atoms with Crippen LogP contribution in [-0.2, 0) is 0 Å². The topological polar surface area (TPSA) is 0 Å². The predicted molar refractivity (Wildman–Crippen MR) is 123 cm³/mol. The van der Waals surface area contributed by atoms with Crippen molar-refractivity contribution >= 4 is 0 Å². The summed E-state index contributed by atoms with van der Waals surface area (Å²) in [7, 11) is 0. The first-order valence-corrected chi connectivity index (χ1v) is 14.5. The third-order valence-electron chi connectivity index (χ3n) is 15.6. The van der Waals surface area contributed by atoms with Gasteiger partial charge < -0.3 is 0 Å². The Morgan fingerprint density at radius 2 is 1.67 bits per heavy atom. The molecule has 0 aromatic rings. The summed E-state index contributed by atoms with van der Waals surface area (Å²) in [6.45, 7) is 13.6. The second kappa shape index (κ2) is 5.06. The molecule has 0 aliphatic heterocycles. The van der Waals surface area contributed by atoms with E-state index in [-0.39, 0.29) is 0 Å². The standard InChI is InChI=1S/C30H46/c1-6-17-9-10-23-27(5)21(11-17)16(4)26-18-12-19-13-24-28(23)15-25(27)30(20(26)7-2,22(28)8-3)29(19,24)14-18/h16-26H,6-15H2,1-5H3. The van der Waals surface area contributed by atoms with Crippen LogP contribution in [0.25, 0.3) is 0 Å². The molecule has 30 heavy (non-hydrogen) atoms. The van der Waals surface area contributed by atoms with Crippen LogP contribution in [0.5, 0.6) is 0 Å². The zero-order chi connectivity index (χ0) is 20.4. The van der Waals surface area contributed by atoms with Gasteiger partial charge in [0.05, 0.1) is 0 Å². The van der Waals surface area contributed by atoms with E-state index in [1.54, 1.807) is 44.9 Å². The van der Waals surface area contributed by atoms with Gasteiger partial charge in [-0.15, -0.1) is 0 Å². The minimum atomic E-state index is 0.693. The zero-order valence-electron chi connectivity index (χ0n) is 20.4. The van der Waals surface area contributed by atoms with Gasteiger partial charge in [0.2, 0.25) is 0 Å². The molecule has 0 nitrogen and oxygen atoms in total. The Kier molecular flexibility index (Phi) is 3.11. The smallest absolute Gasteiger partial charge is 0.0137 e. The minimum absolute atomic E-state index is 0.693. The van der Waals surface area contributed by atoms with E-state index in [1.807, 2.05) is 0 Å². The van der Waals surface area contributed by atoms with Crippen LogP contribution in [0.15, 0.2) is 0 Å². The van der Waals surface area contributed by atoms with Gasteiger partial charge in [0.25, 0.3) is 0 Å². The van der Waals surface area contributed by atoms with Crippen molar-refractivity contribution in [3.05, 3.63) is 0 Å². The van der Waals surface area contributed by atoms with Gasteiger partial charge in [-0.25, -0.2) is 0 Å². The largest absolute Gasteiger partial charge is 0.0651 e.